The second-order valence-electron chi connectivity index (χ2n) is 7.46. The zero-order chi connectivity index (χ0) is 22.9. The normalized spacial score (nSPS) is 14.0. The average Bonchev–Trinajstić information content (AvgIpc) is 2.78. The van der Waals surface area contributed by atoms with E-state index >= 15 is 0 Å². The minimum atomic E-state index is -4.65. The van der Waals surface area contributed by atoms with Gasteiger partial charge in [0.1, 0.15) is 0 Å². The van der Waals surface area contributed by atoms with Gasteiger partial charge in [0.05, 0.1) is 10.5 Å². The van der Waals surface area contributed by atoms with Gasteiger partial charge in [-0.25, -0.2) is 8.42 Å². The van der Waals surface area contributed by atoms with Crippen LogP contribution in [0, 0.1) is 0 Å². The van der Waals surface area contributed by atoms with Crippen LogP contribution in [0.25, 0.3) is 0 Å². The smallest absolute Gasteiger partial charge is 0.334 e. The van der Waals surface area contributed by atoms with Gasteiger partial charge in [-0.1, -0.05) is 30.3 Å². The highest BCUT2D eigenvalue weighted by atomic mass is 32.2. The molecule has 1 N–H and O–H groups in total. The van der Waals surface area contributed by atoms with Crippen LogP contribution in [0.2, 0.25) is 0 Å². The van der Waals surface area contributed by atoms with Gasteiger partial charge >= 0.3 is 6.18 Å². The van der Waals surface area contributed by atoms with Crippen LogP contribution in [0.15, 0.2) is 77.7 Å². The second-order valence-corrected chi connectivity index (χ2v) is 9.14. The minimum Gasteiger partial charge on any atom is -0.334 e. The van der Waals surface area contributed by atoms with Gasteiger partial charge in [0.2, 0.25) is 0 Å². The van der Waals surface area contributed by atoms with E-state index in [0.29, 0.717) is 31.1 Å². The van der Waals surface area contributed by atoms with Crippen molar-refractivity contribution in [3.05, 3.63) is 95.1 Å². The van der Waals surface area contributed by atoms with Crippen molar-refractivity contribution in [3.63, 3.8) is 0 Å². The van der Waals surface area contributed by atoms with E-state index in [0.717, 1.165) is 29.3 Å². The van der Waals surface area contributed by atoms with Crippen LogP contribution in [0.3, 0.4) is 0 Å². The molecule has 0 fully saturated rings. The van der Waals surface area contributed by atoms with Crippen LogP contribution >= 0.6 is 0 Å². The molecular weight excluding hydrogens is 441 g/mol. The third-order valence-corrected chi connectivity index (χ3v) is 6.63. The van der Waals surface area contributed by atoms with E-state index in [2.05, 4.69) is 4.72 Å². The quantitative estimate of drug-likeness (QED) is 0.614. The summed E-state index contributed by atoms with van der Waals surface area (Å²) in [7, 11) is -4.23. The van der Waals surface area contributed by atoms with Crippen LogP contribution < -0.4 is 4.72 Å². The van der Waals surface area contributed by atoms with Gasteiger partial charge in [-0.3, -0.25) is 9.52 Å². The van der Waals surface area contributed by atoms with Crippen LogP contribution in [0.4, 0.5) is 18.9 Å². The summed E-state index contributed by atoms with van der Waals surface area (Å²) in [5, 5.41) is 0. The van der Waals surface area contributed by atoms with Gasteiger partial charge in [0.25, 0.3) is 15.9 Å². The van der Waals surface area contributed by atoms with Crippen molar-refractivity contribution in [3.8, 4) is 0 Å². The summed E-state index contributed by atoms with van der Waals surface area (Å²) in [5.41, 5.74) is 1.52. The van der Waals surface area contributed by atoms with Gasteiger partial charge in [-0.05, 0) is 60.0 Å². The Balaban J connectivity index is 1.55. The highest BCUT2D eigenvalue weighted by molar-refractivity contribution is 7.92. The largest absolute Gasteiger partial charge is 0.416 e. The van der Waals surface area contributed by atoms with Crippen LogP contribution in [0.5, 0.6) is 0 Å². The number of amides is 1. The van der Waals surface area contributed by atoms with E-state index in [9.17, 15) is 26.4 Å². The van der Waals surface area contributed by atoms with Crippen molar-refractivity contribution in [1.82, 2.24) is 4.90 Å². The molecule has 0 bridgehead atoms. The fraction of sp³-hybridized carbons (Fsp3) is 0.174. The molecule has 0 radical (unpaired) electrons. The number of sulfonamides is 1. The summed E-state index contributed by atoms with van der Waals surface area (Å²) in [5.74, 6) is -0.119. The van der Waals surface area contributed by atoms with Crippen LogP contribution in [-0.4, -0.2) is 25.8 Å². The van der Waals surface area contributed by atoms with Gasteiger partial charge in [0, 0.05) is 24.3 Å². The molecule has 0 saturated carbocycles. The average molecular weight is 460 g/mol. The predicted octanol–water partition coefficient (Wildman–Crippen LogP) is 4.70. The molecule has 1 aliphatic rings. The van der Waals surface area contributed by atoms with E-state index in [-0.39, 0.29) is 11.6 Å². The molecule has 166 valence electrons. The minimum absolute atomic E-state index is 0.119. The fourth-order valence-electron chi connectivity index (χ4n) is 3.61. The molecule has 1 heterocycles. The van der Waals surface area contributed by atoms with Crippen molar-refractivity contribution in [2.24, 2.45) is 0 Å². The Bertz CT molecular complexity index is 1260. The molecule has 0 atom stereocenters. The predicted molar refractivity (Wildman–Crippen MR) is 114 cm³/mol. The number of halogens is 3. The maximum atomic E-state index is 12.9. The molecule has 1 amide bonds. The van der Waals surface area contributed by atoms with Crippen molar-refractivity contribution >= 4 is 21.6 Å². The van der Waals surface area contributed by atoms with Crippen molar-refractivity contribution < 1.29 is 26.4 Å². The first-order valence-electron chi connectivity index (χ1n) is 9.80. The molecule has 0 saturated heterocycles. The van der Waals surface area contributed by atoms with Gasteiger partial charge < -0.3 is 4.90 Å². The molecule has 0 spiro atoms. The number of nitrogens with one attached hydrogen (secondary N) is 1. The third kappa shape index (κ3) is 4.62. The Morgan fingerprint density at radius 2 is 1.66 bits per heavy atom. The van der Waals surface area contributed by atoms with Crippen LogP contribution in [-0.2, 0) is 29.2 Å². The topological polar surface area (TPSA) is 66.5 Å². The van der Waals surface area contributed by atoms with E-state index in [4.69, 9.17) is 0 Å². The zero-order valence-corrected chi connectivity index (χ0v) is 17.6. The number of benzene rings is 3. The molecule has 3 aromatic carbocycles. The van der Waals surface area contributed by atoms with Crippen molar-refractivity contribution in [2.75, 3.05) is 11.3 Å². The van der Waals surface area contributed by atoms with Gasteiger partial charge in [-0.15, -0.1) is 0 Å². The van der Waals surface area contributed by atoms with E-state index in [1.807, 2.05) is 6.07 Å². The number of hydrogen-bond donors (Lipinski definition) is 1. The number of rotatable bonds is 4. The number of carbonyl (C=O) groups excluding carboxylic acids is 1. The van der Waals surface area contributed by atoms with Crippen molar-refractivity contribution in [2.45, 2.75) is 24.0 Å². The lowest BCUT2D eigenvalue weighted by Crippen LogP contribution is -2.36. The highest BCUT2D eigenvalue weighted by Crippen LogP contribution is 2.31. The molecule has 32 heavy (non-hydrogen) atoms. The Morgan fingerprint density at radius 1 is 0.906 bits per heavy atom. The summed E-state index contributed by atoms with van der Waals surface area (Å²) < 4.78 is 66.5. The monoisotopic (exact) mass is 460 g/mol. The second kappa shape index (κ2) is 8.31. The van der Waals surface area contributed by atoms with E-state index in [1.165, 1.54) is 0 Å². The number of fused-ring (bicyclic) bond motifs is 1. The fourth-order valence-corrected chi connectivity index (χ4v) is 4.71. The first-order chi connectivity index (χ1) is 15.1. The summed E-state index contributed by atoms with van der Waals surface area (Å²) in [4.78, 5) is 13.9. The Kier molecular flexibility index (Phi) is 5.68. The lowest BCUT2D eigenvalue weighted by molar-refractivity contribution is -0.137. The summed E-state index contributed by atoms with van der Waals surface area (Å²) in [6.45, 7) is 0.845. The summed E-state index contributed by atoms with van der Waals surface area (Å²) >= 11 is 0. The standard InChI is InChI=1S/C23H19F3N2O3S/c24-23(25,26)19-7-4-8-21(14-19)32(30,31)27-20-10-9-16-11-12-28(15-18(16)13-20)22(29)17-5-2-1-3-6-17/h1-10,13-14,27H,11-12,15H2. The molecular formula is C23H19F3N2O3S. The molecule has 5 nitrogen and oxygen atoms in total. The summed E-state index contributed by atoms with van der Waals surface area (Å²) in [6, 6.07) is 17.4. The highest BCUT2D eigenvalue weighted by Gasteiger charge is 2.31. The first kappa shape index (κ1) is 21.9. The zero-order valence-electron chi connectivity index (χ0n) is 16.8. The molecule has 0 aromatic heterocycles. The molecule has 0 aliphatic carbocycles. The van der Waals surface area contributed by atoms with Crippen LogP contribution in [0.1, 0.15) is 27.0 Å². The molecule has 9 heteroatoms. The lowest BCUT2D eigenvalue weighted by Gasteiger charge is -2.29. The maximum Gasteiger partial charge on any atom is 0.416 e. The van der Waals surface area contributed by atoms with E-state index in [1.54, 1.807) is 47.4 Å². The number of anilines is 1. The van der Waals surface area contributed by atoms with E-state index < -0.39 is 26.7 Å². The molecule has 0 unspecified atom stereocenters. The van der Waals surface area contributed by atoms with Crippen molar-refractivity contribution in [1.29, 1.82) is 0 Å². The number of carbonyl (C=O) groups is 1. The Hall–Kier alpha value is -3.33. The number of hydrogen-bond acceptors (Lipinski definition) is 3. The molecule has 1 aliphatic heterocycles. The number of nitrogens with zero attached hydrogens (tertiary/aromatic N) is 1. The Labute approximate surface area is 183 Å². The van der Waals surface area contributed by atoms with Gasteiger partial charge in [0.15, 0.2) is 0 Å². The third-order valence-electron chi connectivity index (χ3n) is 5.25. The summed E-state index contributed by atoms with van der Waals surface area (Å²) in [6.07, 6.45) is -4.03. The maximum absolute atomic E-state index is 12.9. The molecule has 3 aromatic rings. The lowest BCUT2D eigenvalue weighted by atomic mass is 9.98. The van der Waals surface area contributed by atoms with Gasteiger partial charge in [-0.2, -0.15) is 13.2 Å². The number of alkyl halides is 3. The molecule has 4 rings (SSSR count). The first-order valence-corrected chi connectivity index (χ1v) is 11.3. The SMILES string of the molecule is O=C(c1ccccc1)N1CCc2ccc(NS(=O)(=O)c3cccc(C(F)(F)F)c3)cc2C1. The Morgan fingerprint density at radius 3 is 2.38 bits per heavy atom.